The smallest absolute Gasteiger partial charge is 0.221 e. The molecule has 11 heteroatoms. The summed E-state index contributed by atoms with van der Waals surface area (Å²) in [6.07, 6.45) is 7.40. The number of hydrogen-bond donors (Lipinski definition) is 2. The second kappa shape index (κ2) is 5.66. The molecule has 0 unspecified atom stereocenters. The summed E-state index contributed by atoms with van der Waals surface area (Å²) in [4.78, 5) is 10.3. The maximum Gasteiger partial charge on any atom is 0.221 e. The molecule has 1 aliphatic heterocycles. The van der Waals surface area contributed by atoms with Crippen molar-refractivity contribution in [2.24, 2.45) is 0 Å². The molecule has 5 aromatic rings. The standard InChI is InChI=1S/C16H14N10S/c1-11(27-14-6-19-22-12(1)14)8-26-16-15(23-24-26)18-5-13(21-16)9-2-20-25(7-9)10-3-17-4-10/h1-2,5-7,10,17H,3-4,8H2,(H,19,22). The lowest BCUT2D eigenvalue weighted by atomic mass is 10.2. The van der Waals surface area contributed by atoms with Crippen molar-refractivity contribution in [3.05, 3.63) is 35.7 Å². The van der Waals surface area contributed by atoms with E-state index in [0.29, 0.717) is 23.9 Å². The van der Waals surface area contributed by atoms with E-state index in [1.807, 2.05) is 23.3 Å². The lowest BCUT2D eigenvalue weighted by Crippen LogP contribution is -2.43. The van der Waals surface area contributed by atoms with Crippen molar-refractivity contribution in [1.29, 1.82) is 0 Å². The predicted molar refractivity (Wildman–Crippen MR) is 99.3 cm³/mol. The Balaban J connectivity index is 1.35. The van der Waals surface area contributed by atoms with Crippen LogP contribution in [-0.4, -0.2) is 58.0 Å². The number of hydrogen-bond acceptors (Lipinski definition) is 8. The zero-order valence-corrected chi connectivity index (χ0v) is 14.9. The summed E-state index contributed by atoms with van der Waals surface area (Å²) in [6, 6.07) is 2.50. The fourth-order valence-corrected chi connectivity index (χ4v) is 4.12. The number of nitrogens with zero attached hydrogens (tertiary/aromatic N) is 8. The monoisotopic (exact) mass is 378 g/mol. The summed E-state index contributed by atoms with van der Waals surface area (Å²) >= 11 is 1.68. The first-order valence-corrected chi connectivity index (χ1v) is 9.38. The molecule has 0 atom stereocenters. The zero-order chi connectivity index (χ0) is 17.8. The first-order valence-electron chi connectivity index (χ1n) is 8.57. The van der Waals surface area contributed by atoms with Crippen molar-refractivity contribution < 1.29 is 0 Å². The second-order valence-corrected chi connectivity index (χ2v) is 7.70. The topological polar surface area (TPSA) is 115 Å². The summed E-state index contributed by atoms with van der Waals surface area (Å²) in [5.74, 6) is 0. The van der Waals surface area contributed by atoms with Crippen LogP contribution >= 0.6 is 11.3 Å². The minimum absolute atomic E-state index is 0.417. The van der Waals surface area contributed by atoms with Crippen LogP contribution in [0.4, 0.5) is 0 Å². The highest BCUT2D eigenvalue weighted by molar-refractivity contribution is 7.19. The summed E-state index contributed by atoms with van der Waals surface area (Å²) in [7, 11) is 0. The van der Waals surface area contributed by atoms with Crippen LogP contribution in [0, 0.1) is 0 Å². The van der Waals surface area contributed by atoms with Crippen molar-refractivity contribution in [2.75, 3.05) is 13.1 Å². The Morgan fingerprint density at radius 3 is 3.04 bits per heavy atom. The Morgan fingerprint density at radius 2 is 2.19 bits per heavy atom. The third-order valence-electron chi connectivity index (χ3n) is 4.74. The van der Waals surface area contributed by atoms with Gasteiger partial charge in [-0.25, -0.2) is 14.6 Å². The number of thiophene rings is 1. The van der Waals surface area contributed by atoms with Crippen LogP contribution in [0.1, 0.15) is 10.9 Å². The number of nitrogens with one attached hydrogen (secondary N) is 2. The molecule has 0 saturated carbocycles. The fourth-order valence-electron chi connectivity index (χ4n) is 3.16. The van der Waals surface area contributed by atoms with Gasteiger partial charge in [-0.15, -0.1) is 16.4 Å². The van der Waals surface area contributed by atoms with Crippen LogP contribution in [0.25, 0.3) is 32.8 Å². The van der Waals surface area contributed by atoms with E-state index >= 15 is 0 Å². The Morgan fingerprint density at radius 1 is 1.22 bits per heavy atom. The zero-order valence-electron chi connectivity index (χ0n) is 14.1. The molecule has 6 heterocycles. The number of aromatic nitrogens is 9. The van der Waals surface area contributed by atoms with Gasteiger partial charge in [-0.1, -0.05) is 5.21 Å². The molecule has 0 aliphatic carbocycles. The molecule has 0 radical (unpaired) electrons. The van der Waals surface area contributed by atoms with E-state index in [9.17, 15) is 0 Å². The maximum absolute atomic E-state index is 4.75. The number of fused-ring (bicyclic) bond motifs is 2. The number of aromatic amines is 1. The van der Waals surface area contributed by atoms with Gasteiger partial charge in [0.2, 0.25) is 5.65 Å². The molecule has 0 amide bonds. The lowest BCUT2D eigenvalue weighted by Gasteiger charge is -2.27. The highest BCUT2D eigenvalue weighted by Gasteiger charge is 2.20. The molecule has 1 saturated heterocycles. The molecular formula is C16H14N10S. The number of rotatable bonds is 4. The fraction of sp³-hybridized carbons (Fsp3) is 0.250. The van der Waals surface area contributed by atoms with Crippen LogP contribution in [0.15, 0.2) is 30.9 Å². The Hall–Kier alpha value is -3.18. The van der Waals surface area contributed by atoms with E-state index in [1.165, 1.54) is 0 Å². The number of H-pyrrole nitrogens is 1. The maximum atomic E-state index is 4.75. The summed E-state index contributed by atoms with van der Waals surface area (Å²) in [5.41, 5.74) is 3.95. The van der Waals surface area contributed by atoms with Crippen LogP contribution in [-0.2, 0) is 6.54 Å². The van der Waals surface area contributed by atoms with E-state index < -0.39 is 0 Å². The highest BCUT2D eigenvalue weighted by atomic mass is 32.1. The molecule has 27 heavy (non-hydrogen) atoms. The molecule has 2 N–H and O–H groups in total. The van der Waals surface area contributed by atoms with E-state index in [0.717, 1.165) is 39.4 Å². The van der Waals surface area contributed by atoms with E-state index in [-0.39, 0.29) is 0 Å². The largest absolute Gasteiger partial charge is 0.312 e. The van der Waals surface area contributed by atoms with Crippen LogP contribution in [0.3, 0.4) is 0 Å². The van der Waals surface area contributed by atoms with Crippen molar-refractivity contribution in [3.63, 3.8) is 0 Å². The minimum Gasteiger partial charge on any atom is -0.312 e. The average molecular weight is 378 g/mol. The molecule has 6 rings (SSSR count). The molecule has 0 aromatic carbocycles. The van der Waals surface area contributed by atoms with Gasteiger partial charge in [-0.05, 0) is 6.07 Å². The second-order valence-electron chi connectivity index (χ2n) is 6.53. The van der Waals surface area contributed by atoms with Gasteiger partial charge < -0.3 is 5.32 Å². The highest BCUT2D eigenvalue weighted by Crippen LogP contribution is 2.25. The quantitative estimate of drug-likeness (QED) is 0.483. The van der Waals surface area contributed by atoms with Gasteiger partial charge in [0.15, 0.2) is 5.65 Å². The third kappa shape index (κ3) is 2.43. The van der Waals surface area contributed by atoms with E-state index in [4.69, 9.17) is 4.98 Å². The Bertz CT molecular complexity index is 1230. The molecule has 0 spiro atoms. The minimum atomic E-state index is 0.417. The van der Waals surface area contributed by atoms with E-state index in [2.05, 4.69) is 42.0 Å². The predicted octanol–water partition coefficient (Wildman–Crippen LogP) is 1.22. The SMILES string of the molecule is c1nn(C2CNC2)cc1-c1cnc2nnn(Cc3cc4[nH]ncc4s3)c2n1. The molecule has 1 aliphatic rings. The van der Waals surface area contributed by atoms with Crippen molar-refractivity contribution in [1.82, 2.24) is 50.3 Å². The third-order valence-corrected chi connectivity index (χ3v) is 5.80. The molecule has 1 fully saturated rings. The molecule has 0 bridgehead atoms. The van der Waals surface area contributed by atoms with Gasteiger partial charge >= 0.3 is 0 Å². The molecule has 10 nitrogen and oxygen atoms in total. The average Bonchev–Trinajstić information content (AvgIpc) is 3.37. The molecule has 5 aromatic heterocycles. The Labute approximate surface area is 156 Å². The van der Waals surface area contributed by atoms with Gasteiger partial charge in [0.05, 0.1) is 47.1 Å². The van der Waals surface area contributed by atoms with Crippen molar-refractivity contribution in [2.45, 2.75) is 12.6 Å². The van der Waals surface area contributed by atoms with Crippen molar-refractivity contribution in [3.8, 4) is 11.3 Å². The van der Waals surface area contributed by atoms with Crippen LogP contribution in [0.5, 0.6) is 0 Å². The van der Waals surface area contributed by atoms with Gasteiger partial charge in [0, 0.05) is 29.7 Å². The van der Waals surface area contributed by atoms with Crippen molar-refractivity contribution >= 4 is 32.8 Å². The van der Waals surface area contributed by atoms with Gasteiger partial charge in [-0.2, -0.15) is 10.2 Å². The first-order chi connectivity index (χ1) is 13.3. The normalized spacial score (nSPS) is 15.0. The molecular weight excluding hydrogens is 364 g/mol. The summed E-state index contributed by atoms with van der Waals surface area (Å²) in [6.45, 7) is 2.49. The van der Waals surface area contributed by atoms with Crippen LogP contribution in [0.2, 0.25) is 0 Å². The Kier molecular flexibility index (Phi) is 3.13. The first kappa shape index (κ1) is 14.9. The van der Waals surface area contributed by atoms with E-state index in [1.54, 1.807) is 22.2 Å². The van der Waals surface area contributed by atoms with Crippen LogP contribution < -0.4 is 5.32 Å². The summed E-state index contributed by atoms with van der Waals surface area (Å²) < 4.78 is 4.89. The van der Waals surface area contributed by atoms with Gasteiger partial charge in [-0.3, -0.25) is 9.78 Å². The van der Waals surface area contributed by atoms with Gasteiger partial charge in [0.1, 0.15) is 0 Å². The lowest BCUT2D eigenvalue weighted by molar-refractivity contribution is 0.318. The summed E-state index contributed by atoms with van der Waals surface area (Å²) in [5, 5.41) is 23.1. The molecule has 134 valence electrons. The van der Waals surface area contributed by atoms with Gasteiger partial charge in [0.25, 0.3) is 0 Å².